The zero-order chi connectivity index (χ0) is 11.5. The third kappa shape index (κ3) is 2.73. The summed E-state index contributed by atoms with van der Waals surface area (Å²) >= 11 is 6.96. The minimum atomic E-state index is 0.205. The van der Waals surface area contributed by atoms with Gasteiger partial charge in [-0.2, -0.15) is 11.3 Å². The van der Waals surface area contributed by atoms with Crippen molar-refractivity contribution in [3.63, 3.8) is 0 Å². The number of hydrogen-bond donors (Lipinski definition) is 2. The van der Waals surface area contributed by atoms with E-state index < -0.39 is 0 Å². The van der Waals surface area contributed by atoms with Gasteiger partial charge in [-0.25, -0.2) is 0 Å². The van der Waals surface area contributed by atoms with Crippen LogP contribution >= 0.6 is 38.6 Å². The second kappa shape index (κ2) is 5.42. The third-order valence-corrected chi connectivity index (χ3v) is 5.03. The summed E-state index contributed by atoms with van der Waals surface area (Å²) in [6, 6.07) is 4.42. The van der Waals surface area contributed by atoms with E-state index in [1.54, 1.807) is 22.7 Å². The zero-order valence-electron chi connectivity index (χ0n) is 8.87. The average molecular weight is 317 g/mol. The van der Waals surface area contributed by atoms with E-state index in [0.717, 1.165) is 6.42 Å². The van der Waals surface area contributed by atoms with Crippen LogP contribution in [0.2, 0.25) is 0 Å². The molecular formula is C11H13BrN2S2. The lowest BCUT2D eigenvalue weighted by atomic mass is 10.0. The number of rotatable bonds is 4. The number of aryl methyl sites for hydroxylation is 1. The molecule has 0 spiro atoms. The first-order valence-electron chi connectivity index (χ1n) is 4.93. The van der Waals surface area contributed by atoms with E-state index in [1.807, 2.05) is 0 Å². The molecule has 0 fully saturated rings. The topological polar surface area (TPSA) is 38.0 Å². The molecule has 0 aromatic carbocycles. The van der Waals surface area contributed by atoms with Gasteiger partial charge in [-0.3, -0.25) is 11.3 Å². The fourth-order valence-electron chi connectivity index (χ4n) is 1.65. The molecule has 2 heterocycles. The molecule has 5 heteroatoms. The molecule has 0 radical (unpaired) electrons. The summed E-state index contributed by atoms with van der Waals surface area (Å²) in [4.78, 5) is 1.33. The minimum Gasteiger partial charge on any atom is -0.271 e. The van der Waals surface area contributed by atoms with Crippen LogP contribution in [0.15, 0.2) is 26.7 Å². The highest BCUT2D eigenvalue weighted by Crippen LogP contribution is 2.29. The van der Waals surface area contributed by atoms with E-state index in [4.69, 9.17) is 5.84 Å². The van der Waals surface area contributed by atoms with Crippen LogP contribution in [0.1, 0.15) is 22.0 Å². The van der Waals surface area contributed by atoms with Crippen molar-refractivity contribution in [1.82, 2.24) is 5.43 Å². The summed E-state index contributed by atoms with van der Waals surface area (Å²) in [7, 11) is 0. The van der Waals surface area contributed by atoms with E-state index in [-0.39, 0.29) is 6.04 Å². The van der Waals surface area contributed by atoms with Crippen molar-refractivity contribution < 1.29 is 0 Å². The van der Waals surface area contributed by atoms with Gasteiger partial charge < -0.3 is 0 Å². The lowest BCUT2D eigenvalue weighted by molar-refractivity contribution is 0.555. The first-order chi connectivity index (χ1) is 7.70. The number of nitrogens with one attached hydrogen (secondary N) is 1. The van der Waals surface area contributed by atoms with Crippen molar-refractivity contribution in [3.05, 3.63) is 42.7 Å². The predicted molar refractivity (Wildman–Crippen MR) is 74.8 cm³/mol. The highest BCUT2D eigenvalue weighted by molar-refractivity contribution is 9.11. The van der Waals surface area contributed by atoms with Gasteiger partial charge in [0.1, 0.15) is 0 Å². The van der Waals surface area contributed by atoms with Crippen molar-refractivity contribution in [2.45, 2.75) is 19.4 Å². The molecule has 16 heavy (non-hydrogen) atoms. The van der Waals surface area contributed by atoms with Crippen LogP contribution in [0.3, 0.4) is 0 Å². The number of nitrogens with two attached hydrogens (primary N) is 1. The number of hydrazine groups is 1. The van der Waals surface area contributed by atoms with E-state index in [2.05, 4.69) is 51.2 Å². The summed E-state index contributed by atoms with van der Waals surface area (Å²) < 4.78 is 1.17. The van der Waals surface area contributed by atoms with Crippen LogP contribution in [0, 0.1) is 6.92 Å². The van der Waals surface area contributed by atoms with E-state index in [0.29, 0.717) is 0 Å². The molecule has 2 aromatic heterocycles. The first-order valence-corrected chi connectivity index (χ1v) is 7.49. The molecule has 0 aliphatic heterocycles. The van der Waals surface area contributed by atoms with Crippen molar-refractivity contribution in [1.29, 1.82) is 0 Å². The summed E-state index contributed by atoms with van der Waals surface area (Å²) in [6.45, 7) is 2.13. The Labute approximate surface area is 112 Å². The Morgan fingerprint density at radius 3 is 2.75 bits per heavy atom. The van der Waals surface area contributed by atoms with E-state index >= 15 is 0 Å². The van der Waals surface area contributed by atoms with E-state index in [9.17, 15) is 0 Å². The molecule has 0 saturated carbocycles. The van der Waals surface area contributed by atoms with Gasteiger partial charge in [0.05, 0.1) is 9.83 Å². The smallest absolute Gasteiger partial charge is 0.0701 e. The van der Waals surface area contributed by atoms with Gasteiger partial charge in [0, 0.05) is 11.3 Å². The van der Waals surface area contributed by atoms with E-state index in [1.165, 1.54) is 19.8 Å². The maximum Gasteiger partial charge on any atom is 0.0701 e. The normalized spacial score (nSPS) is 12.9. The van der Waals surface area contributed by atoms with Crippen LogP contribution in [0.5, 0.6) is 0 Å². The van der Waals surface area contributed by atoms with Crippen LogP contribution in [-0.2, 0) is 6.42 Å². The largest absolute Gasteiger partial charge is 0.271 e. The van der Waals surface area contributed by atoms with Crippen molar-refractivity contribution in [3.8, 4) is 0 Å². The summed E-state index contributed by atoms with van der Waals surface area (Å²) in [6.07, 6.45) is 0.935. The minimum absolute atomic E-state index is 0.205. The molecule has 0 aliphatic carbocycles. The maximum absolute atomic E-state index is 5.64. The molecule has 0 bridgehead atoms. The fraction of sp³-hybridized carbons (Fsp3) is 0.273. The monoisotopic (exact) mass is 316 g/mol. The highest BCUT2D eigenvalue weighted by Gasteiger charge is 2.14. The number of halogens is 1. The summed E-state index contributed by atoms with van der Waals surface area (Å²) in [5.74, 6) is 5.64. The Kier molecular flexibility index (Phi) is 4.16. The van der Waals surface area contributed by atoms with Crippen LogP contribution in [-0.4, -0.2) is 0 Å². The van der Waals surface area contributed by atoms with Crippen LogP contribution < -0.4 is 11.3 Å². The number of thiophene rings is 2. The Bertz CT molecular complexity index is 464. The lowest BCUT2D eigenvalue weighted by Crippen LogP contribution is -2.29. The molecule has 0 saturated heterocycles. The summed E-state index contributed by atoms with van der Waals surface area (Å²) in [5, 5.41) is 4.33. The maximum atomic E-state index is 5.64. The molecule has 1 atom stereocenters. The standard InChI is InChI=1S/C11H13BrN2S2/c1-7-5-15-6-9(7)10(14-13)4-8-2-3-11(12)16-8/h2-3,5-6,10,14H,4,13H2,1H3. The molecule has 1 unspecified atom stereocenters. The Balaban J connectivity index is 2.15. The van der Waals surface area contributed by atoms with Crippen LogP contribution in [0.25, 0.3) is 0 Å². The number of hydrogen-bond acceptors (Lipinski definition) is 4. The third-order valence-electron chi connectivity index (χ3n) is 2.51. The highest BCUT2D eigenvalue weighted by atomic mass is 79.9. The Morgan fingerprint density at radius 2 is 2.25 bits per heavy atom. The van der Waals surface area contributed by atoms with Gasteiger partial charge in [0.25, 0.3) is 0 Å². The first kappa shape index (κ1) is 12.3. The van der Waals surface area contributed by atoms with Gasteiger partial charge in [-0.1, -0.05) is 0 Å². The molecular weight excluding hydrogens is 304 g/mol. The molecule has 2 aromatic rings. The summed E-state index contributed by atoms with van der Waals surface area (Å²) in [5.41, 5.74) is 5.51. The Hall–Kier alpha value is -0.200. The van der Waals surface area contributed by atoms with Gasteiger partial charge in [-0.05, 0) is 56.9 Å². The average Bonchev–Trinajstić information content (AvgIpc) is 2.84. The fourth-order valence-corrected chi connectivity index (χ4v) is 4.08. The molecule has 86 valence electrons. The van der Waals surface area contributed by atoms with Gasteiger partial charge in [0.2, 0.25) is 0 Å². The van der Waals surface area contributed by atoms with Gasteiger partial charge in [0.15, 0.2) is 0 Å². The predicted octanol–water partition coefficient (Wildman–Crippen LogP) is 3.63. The van der Waals surface area contributed by atoms with Crippen molar-refractivity contribution >= 4 is 38.6 Å². The molecule has 2 nitrogen and oxygen atoms in total. The molecule has 2 rings (SSSR count). The van der Waals surface area contributed by atoms with Crippen molar-refractivity contribution in [2.24, 2.45) is 5.84 Å². The van der Waals surface area contributed by atoms with Gasteiger partial charge >= 0.3 is 0 Å². The van der Waals surface area contributed by atoms with Crippen LogP contribution in [0.4, 0.5) is 0 Å². The zero-order valence-corrected chi connectivity index (χ0v) is 12.1. The van der Waals surface area contributed by atoms with Gasteiger partial charge in [-0.15, -0.1) is 11.3 Å². The molecule has 3 N–H and O–H groups in total. The Morgan fingerprint density at radius 1 is 1.44 bits per heavy atom. The van der Waals surface area contributed by atoms with Crippen molar-refractivity contribution in [2.75, 3.05) is 0 Å². The second-order valence-electron chi connectivity index (χ2n) is 3.64. The lowest BCUT2D eigenvalue weighted by Gasteiger charge is -2.14. The quantitative estimate of drug-likeness (QED) is 0.667. The SMILES string of the molecule is Cc1cscc1C(Cc1ccc(Br)s1)NN. The molecule has 0 amide bonds. The second-order valence-corrected chi connectivity index (χ2v) is 6.93. The molecule has 0 aliphatic rings.